The Morgan fingerprint density at radius 2 is 1.96 bits per heavy atom. The molecule has 0 aliphatic rings. The molecule has 138 valence electrons. The average Bonchev–Trinajstić information content (AvgIpc) is 3.04. The van der Waals surface area contributed by atoms with Crippen LogP contribution < -0.4 is 5.32 Å². The van der Waals surface area contributed by atoms with Gasteiger partial charge < -0.3 is 9.88 Å². The molecule has 0 saturated heterocycles. The van der Waals surface area contributed by atoms with Crippen LogP contribution in [0.2, 0.25) is 0 Å². The first-order valence-electron chi connectivity index (χ1n) is 8.98. The van der Waals surface area contributed by atoms with E-state index in [-0.39, 0.29) is 5.57 Å². The number of aryl methyl sites for hydroxylation is 3. The molecule has 0 aliphatic heterocycles. The van der Waals surface area contributed by atoms with Gasteiger partial charge in [0.2, 0.25) is 0 Å². The molecule has 0 fully saturated rings. The molecule has 1 heterocycles. The SMILES string of the molecule is Cc1ccc(NC(=O)/C(C#N)=C/c2cn(CCC#N)c3ccccc23)c(C)c1. The van der Waals surface area contributed by atoms with E-state index in [1.54, 1.807) is 6.08 Å². The van der Waals surface area contributed by atoms with E-state index in [4.69, 9.17) is 5.26 Å². The highest BCUT2D eigenvalue weighted by Crippen LogP contribution is 2.24. The Bertz CT molecular complexity index is 1160. The lowest BCUT2D eigenvalue weighted by atomic mass is 10.1. The monoisotopic (exact) mass is 368 g/mol. The minimum Gasteiger partial charge on any atom is -0.346 e. The van der Waals surface area contributed by atoms with Crippen LogP contribution in [0.25, 0.3) is 17.0 Å². The maximum atomic E-state index is 12.6. The van der Waals surface area contributed by atoms with E-state index in [9.17, 15) is 10.1 Å². The van der Waals surface area contributed by atoms with Gasteiger partial charge in [-0.05, 0) is 37.6 Å². The number of hydrogen-bond donors (Lipinski definition) is 1. The molecule has 0 unspecified atom stereocenters. The summed E-state index contributed by atoms with van der Waals surface area (Å²) in [4.78, 5) is 12.6. The smallest absolute Gasteiger partial charge is 0.266 e. The number of rotatable bonds is 5. The zero-order valence-corrected chi connectivity index (χ0v) is 15.9. The Hall–Kier alpha value is -3.83. The second-order valence-electron chi connectivity index (χ2n) is 6.65. The molecule has 3 aromatic rings. The van der Waals surface area contributed by atoms with Gasteiger partial charge in [0.1, 0.15) is 11.6 Å². The van der Waals surface area contributed by atoms with Gasteiger partial charge in [-0.1, -0.05) is 35.9 Å². The van der Waals surface area contributed by atoms with Crippen LogP contribution in [0.4, 0.5) is 5.69 Å². The molecular weight excluding hydrogens is 348 g/mol. The van der Waals surface area contributed by atoms with Crippen molar-refractivity contribution in [1.29, 1.82) is 10.5 Å². The molecule has 2 aromatic carbocycles. The zero-order chi connectivity index (χ0) is 20.1. The van der Waals surface area contributed by atoms with Crippen LogP contribution in [-0.4, -0.2) is 10.5 Å². The maximum Gasteiger partial charge on any atom is 0.266 e. The third-order valence-electron chi connectivity index (χ3n) is 4.58. The van der Waals surface area contributed by atoms with Crippen molar-refractivity contribution in [3.05, 3.63) is 70.9 Å². The van der Waals surface area contributed by atoms with Gasteiger partial charge >= 0.3 is 0 Å². The van der Waals surface area contributed by atoms with E-state index in [1.807, 2.05) is 73.1 Å². The molecule has 5 heteroatoms. The number of para-hydroxylation sites is 1. The number of benzene rings is 2. The molecule has 0 aliphatic carbocycles. The third-order valence-corrected chi connectivity index (χ3v) is 4.58. The Morgan fingerprint density at radius 1 is 1.18 bits per heavy atom. The number of amides is 1. The van der Waals surface area contributed by atoms with E-state index in [0.29, 0.717) is 18.7 Å². The van der Waals surface area contributed by atoms with Crippen molar-refractivity contribution in [3.8, 4) is 12.1 Å². The van der Waals surface area contributed by atoms with Crippen molar-refractivity contribution < 1.29 is 4.79 Å². The highest BCUT2D eigenvalue weighted by molar-refractivity contribution is 6.11. The van der Waals surface area contributed by atoms with Gasteiger partial charge in [-0.2, -0.15) is 10.5 Å². The van der Waals surface area contributed by atoms with Gasteiger partial charge in [0.15, 0.2) is 0 Å². The van der Waals surface area contributed by atoms with Crippen LogP contribution in [0.3, 0.4) is 0 Å². The van der Waals surface area contributed by atoms with E-state index < -0.39 is 5.91 Å². The molecule has 0 saturated carbocycles. The molecule has 0 atom stereocenters. The highest BCUT2D eigenvalue weighted by Gasteiger charge is 2.13. The number of carbonyl (C=O) groups excluding carboxylic acids is 1. The van der Waals surface area contributed by atoms with E-state index in [0.717, 1.165) is 27.6 Å². The number of nitriles is 2. The number of hydrogen-bond acceptors (Lipinski definition) is 3. The first-order chi connectivity index (χ1) is 13.5. The predicted molar refractivity (Wildman–Crippen MR) is 110 cm³/mol. The van der Waals surface area contributed by atoms with Crippen LogP contribution in [0.15, 0.2) is 54.2 Å². The average molecular weight is 368 g/mol. The lowest BCUT2D eigenvalue weighted by Gasteiger charge is -2.08. The first kappa shape index (κ1) is 18.9. The first-order valence-corrected chi connectivity index (χ1v) is 8.98. The highest BCUT2D eigenvalue weighted by atomic mass is 16.1. The molecular formula is C23H20N4O. The Labute approximate surface area is 164 Å². The molecule has 5 nitrogen and oxygen atoms in total. The summed E-state index contributed by atoms with van der Waals surface area (Å²) in [6, 6.07) is 17.6. The van der Waals surface area contributed by atoms with Gasteiger partial charge in [0.25, 0.3) is 5.91 Å². The molecule has 3 rings (SSSR count). The fourth-order valence-electron chi connectivity index (χ4n) is 3.19. The van der Waals surface area contributed by atoms with Crippen LogP contribution in [0, 0.1) is 36.5 Å². The van der Waals surface area contributed by atoms with Crippen molar-refractivity contribution in [2.24, 2.45) is 0 Å². The minimum atomic E-state index is -0.441. The standard InChI is InChI=1S/C23H20N4O/c1-16-8-9-21(17(2)12-16)26-23(28)18(14-25)13-19-15-27(11-5-10-24)22-7-4-3-6-20(19)22/h3-4,6-9,12-13,15H,5,11H2,1-2H3,(H,26,28)/b18-13+. The lowest BCUT2D eigenvalue weighted by Crippen LogP contribution is -2.14. The second kappa shape index (κ2) is 8.24. The van der Waals surface area contributed by atoms with Gasteiger partial charge in [-0.25, -0.2) is 0 Å². The van der Waals surface area contributed by atoms with Crippen LogP contribution in [0.5, 0.6) is 0 Å². The summed E-state index contributed by atoms with van der Waals surface area (Å²) >= 11 is 0. The summed E-state index contributed by atoms with van der Waals surface area (Å²) in [7, 11) is 0. The largest absolute Gasteiger partial charge is 0.346 e. The Morgan fingerprint density at radius 3 is 2.68 bits per heavy atom. The van der Waals surface area contributed by atoms with E-state index in [1.165, 1.54) is 0 Å². The van der Waals surface area contributed by atoms with Gasteiger partial charge in [-0.15, -0.1) is 0 Å². The molecule has 1 N–H and O–H groups in total. The van der Waals surface area contributed by atoms with Gasteiger partial charge in [0.05, 0.1) is 12.5 Å². The summed E-state index contributed by atoms with van der Waals surface area (Å²) in [6.45, 7) is 4.46. The third kappa shape index (κ3) is 3.95. The van der Waals surface area contributed by atoms with Crippen LogP contribution >= 0.6 is 0 Å². The molecule has 0 spiro atoms. The summed E-state index contributed by atoms with van der Waals surface area (Å²) < 4.78 is 1.97. The number of fused-ring (bicyclic) bond motifs is 1. The summed E-state index contributed by atoms with van der Waals surface area (Å²) in [6.07, 6.45) is 3.87. The normalized spacial score (nSPS) is 11.1. The topological polar surface area (TPSA) is 81.6 Å². The van der Waals surface area contributed by atoms with Crippen molar-refractivity contribution in [1.82, 2.24) is 4.57 Å². The molecule has 1 amide bonds. The molecule has 1 aromatic heterocycles. The fraction of sp³-hybridized carbons (Fsp3) is 0.174. The maximum absolute atomic E-state index is 12.6. The predicted octanol–water partition coefficient (Wildman–Crippen LogP) is 4.72. The van der Waals surface area contributed by atoms with Crippen LogP contribution in [-0.2, 0) is 11.3 Å². The molecule has 0 bridgehead atoms. The van der Waals surface area contributed by atoms with Gasteiger partial charge in [-0.3, -0.25) is 4.79 Å². The number of nitrogens with one attached hydrogen (secondary N) is 1. The summed E-state index contributed by atoms with van der Waals surface area (Å²) in [5, 5.41) is 22.2. The van der Waals surface area contributed by atoms with Crippen molar-refractivity contribution in [2.75, 3.05) is 5.32 Å². The minimum absolute atomic E-state index is 0.0307. The summed E-state index contributed by atoms with van der Waals surface area (Å²) in [5.74, 6) is -0.441. The number of nitrogens with zero attached hydrogens (tertiary/aromatic N) is 3. The fourth-order valence-corrected chi connectivity index (χ4v) is 3.19. The summed E-state index contributed by atoms with van der Waals surface area (Å²) in [5.41, 5.74) is 4.52. The van der Waals surface area contributed by atoms with Gasteiger partial charge in [0, 0.05) is 34.9 Å². The number of carbonyl (C=O) groups is 1. The van der Waals surface area contributed by atoms with E-state index >= 15 is 0 Å². The van der Waals surface area contributed by atoms with Crippen molar-refractivity contribution in [3.63, 3.8) is 0 Å². The quantitative estimate of drug-likeness (QED) is 0.523. The lowest BCUT2D eigenvalue weighted by molar-refractivity contribution is -0.112. The van der Waals surface area contributed by atoms with Crippen molar-refractivity contribution >= 4 is 28.6 Å². The number of anilines is 1. The molecule has 28 heavy (non-hydrogen) atoms. The van der Waals surface area contributed by atoms with Crippen LogP contribution in [0.1, 0.15) is 23.1 Å². The zero-order valence-electron chi connectivity index (χ0n) is 15.9. The Kier molecular flexibility index (Phi) is 5.58. The second-order valence-corrected chi connectivity index (χ2v) is 6.65. The van der Waals surface area contributed by atoms with Crippen molar-refractivity contribution in [2.45, 2.75) is 26.8 Å². The Balaban J connectivity index is 1.95. The number of aromatic nitrogens is 1. The van der Waals surface area contributed by atoms with E-state index in [2.05, 4.69) is 11.4 Å². The molecule has 0 radical (unpaired) electrons.